The molecule has 0 aliphatic heterocycles. The Hall–Kier alpha value is -2.04. The molecular formula is C16H21NO4. The molecule has 1 aliphatic carbocycles. The SMILES string of the molecule is CC(C)c1cccc(OCC(=O)NC2CC(C(=O)O)C2)c1. The van der Waals surface area contributed by atoms with E-state index >= 15 is 0 Å². The van der Waals surface area contributed by atoms with Crippen LogP contribution in [-0.2, 0) is 9.59 Å². The van der Waals surface area contributed by atoms with Crippen LogP contribution in [0.3, 0.4) is 0 Å². The standard InChI is InChI=1S/C16H21NO4/c1-10(2)11-4-3-5-14(8-11)21-9-15(18)17-13-6-12(7-13)16(19)20/h3-5,8,10,12-13H,6-7,9H2,1-2H3,(H,17,18)(H,19,20). The van der Waals surface area contributed by atoms with Gasteiger partial charge in [-0.2, -0.15) is 0 Å². The van der Waals surface area contributed by atoms with Gasteiger partial charge in [0.1, 0.15) is 5.75 Å². The van der Waals surface area contributed by atoms with Crippen LogP contribution in [0.1, 0.15) is 38.2 Å². The van der Waals surface area contributed by atoms with Crippen LogP contribution in [0, 0.1) is 5.92 Å². The Morgan fingerprint density at radius 1 is 1.38 bits per heavy atom. The largest absolute Gasteiger partial charge is 0.484 e. The zero-order chi connectivity index (χ0) is 15.4. The molecule has 0 saturated heterocycles. The van der Waals surface area contributed by atoms with Crippen molar-refractivity contribution in [3.8, 4) is 5.75 Å². The van der Waals surface area contributed by atoms with Crippen LogP contribution in [0.15, 0.2) is 24.3 Å². The number of aliphatic carboxylic acids is 1. The van der Waals surface area contributed by atoms with E-state index in [-0.39, 0.29) is 24.5 Å². The number of hydrogen-bond donors (Lipinski definition) is 2. The van der Waals surface area contributed by atoms with Gasteiger partial charge in [0, 0.05) is 6.04 Å². The lowest BCUT2D eigenvalue weighted by atomic mass is 9.80. The van der Waals surface area contributed by atoms with Gasteiger partial charge in [0.15, 0.2) is 6.61 Å². The predicted octanol–water partition coefficient (Wildman–Crippen LogP) is 2.17. The average Bonchev–Trinajstić information content (AvgIpc) is 2.40. The third-order valence-electron chi connectivity index (χ3n) is 3.75. The highest BCUT2D eigenvalue weighted by atomic mass is 16.5. The first-order chi connectivity index (χ1) is 9.95. The molecule has 1 fully saturated rings. The molecule has 114 valence electrons. The first-order valence-electron chi connectivity index (χ1n) is 7.20. The first-order valence-corrected chi connectivity index (χ1v) is 7.20. The highest BCUT2D eigenvalue weighted by Crippen LogP contribution is 2.27. The maximum Gasteiger partial charge on any atom is 0.306 e. The highest BCUT2D eigenvalue weighted by molar-refractivity contribution is 5.78. The minimum Gasteiger partial charge on any atom is -0.484 e. The molecule has 21 heavy (non-hydrogen) atoms. The fourth-order valence-corrected chi connectivity index (χ4v) is 2.32. The number of carbonyl (C=O) groups excluding carboxylic acids is 1. The van der Waals surface area contributed by atoms with E-state index in [4.69, 9.17) is 9.84 Å². The number of carboxylic acids is 1. The summed E-state index contributed by atoms with van der Waals surface area (Å²) >= 11 is 0. The number of carboxylic acid groups (broad SMARTS) is 1. The summed E-state index contributed by atoms with van der Waals surface area (Å²) in [5.41, 5.74) is 1.16. The molecule has 1 aromatic rings. The van der Waals surface area contributed by atoms with Crippen molar-refractivity contribution in [1.82, 2.24) is 5.32 Å². The van der Waals surface area contributed by atoms with Crippen LogP contribution in [-0.4, -0.2) is 29.6 Å². The van der Waals surface area contributed by atoms with Gasteiger partial charge in [0.2, 0.25) is 0 Å². The van der Waals surface area contributed by atoms with Crippen molar-refractivity contribution < 1.29 is 19.4 Å². The van der Waals surface area contributed by atoms with Crippen molar-refractivity contribution in [2.24, 2.45) is 5.92 Å². The van der Waals surface area contributed by atoms with E-state index in [1.807, 2.05) is 24.3 Å². The van der Waals surface area contributed by atoms with Crippen LogP contribution >= 0.6 is 0 Å². The Morgan fingerprint density at radius 2 is 2.10 bits per heavy atom. The molecule has 1 aliphatic rings. The number of carbonyl (C=O) groups is 2. The lowest BCUT2D eigenvalue weighted by molar-refractivity contribution is -0.146. The molecule has 0 atom stereocenters. The summed E-state index contributed by atoms with van der Waals surface area (Å²) in [6.07, 6.45) is 1.01. The topological polar surface area (TPSA) is 75.6 Å². The number of benzene rings is 1. The second-order valence-corrected chi connectivity index (χ2v) is 5.79. The number of amides is 1. The predicted molar refractivity (Wildman–Crippen MR) is 78.3 cm³/mol. The Balaban J connectivity index is 1.74. The molecule has 0 heterocycles. The van der Waals surface area contributed by atoms with Gasteiger partial charge in [-0.25, -0.2) is 0 Å². The maximum absolute atomic E-state index is 11.7. The Bertz CT molecular complexity index is 521. The Labute approximate surface area is 124 Å². The normalized spacial score (nSPS) is 20.7. The fraction of sp³-hybridized carbons (Fsp3) is 0.500. The number of nitrogens with one attached hydrogen (secondary N) is 1. The molecule has 1 aromatic carbocycles. The van der Waals surface area contributed by atoms with Gasteiger partial charge < -0.3 is 15.2 Å². The number of rotatable bonds is 6. The number of hydrogen-bond acceptors (Lipinski definition) is 3. The lowest BCUT2D eigenvalue weighted by Gasteiger charge is -2.32. The second kappa shape index (κ2) is 6.61. The maximum atomic E-state index is 11.7. The Kier molecular flexibility index (Phi) is 4.83. The second-order valence-electron chi connectivity index (χ2n) is 5.79. The summed E-state index contributed by atoms with van der Waals surface area (Å²) in [4.78, 5) is 22.4. The zero-order valence-corrected chi connectivity index (χ0v) is 12.3. The van der Waals surface area contributed by atoms with Crippen molar-refractivity contribution in [2.75, 3.05) is 6.61 Å². The monoisotopic (exact) mass is 291 g/mol. The van der Waals surface area contributed by atoms with Crippen molar-refractivity contribution in [2.45, 2.75) is 38.6 Å². The third-order valence-corrected chi connectivity index (χ3v) is 3.75. The van der Waals surface area contributed by atoms with E-state index in [0.29, 0.717) is 24.5 Å². The molecular weight excluding hydrogens is 270 g/mol. The number of ether oxygens (including phenoxy) is 1. The van der Waals surface area contributed by atoms with Crippen LogP contribution < -0.4 is 10.1 Å². The molecule has 2 rings (SSSR count). The van der Waals surface area contributed by atoms with E-state index in [1.54, 1.807) is 0 Å². The summed E-state index contributed by atoms with van der Waals surface area (Å²) in [7, 11) is 0. The molecule has 1 amide bonds. The van der Waals surface area contributed by atoms with E-state index in [0.717, 1.165) is 5.56 Å². The van der Waals surface area contributed by atoms with Crippen LogP contribution in [0.4, 0.5) is 0 Å². The molecule has 1 saturated carbocycles. The van der Waals surface area contributed by atoms with Crippen LogP contribution in [0.5, 0.6) is 5.75 Å². The van der Waals surface area contributed by atoms with Crippen molar-refractivity contribution in [1.29, 1.82) is 0 Å². The van der Waals surface area contributed by atoms with Crippen LogP contribution in [0.25, 0.3) is 0 Å². The van der Waals surface area contributed by atoms with Gasteiger partial charge >= 0.3 is 5.97 Å². The third kappa shape index (κ3) is 4.21. The van der Waals surface area contributed by atoms with Crippen molar-refractivity contribution in [3.63, 3.8) is 0 Å². The van der Waals surface area contributed by atoms with Gasteiger partial charge in [-0.05, 0) is 36.5 Å². The summed E-state index contributed by atoms with van der Waals surface area (Å²) in [6.45, 7) is 4.15. The quantitative estimate of drug-likeness (QED) is 0.842. The van der Waals surface area contributed by atoms with Gasteiger partial charge in [-0.15, -0.1) is 0 Å². The summed E-state index contributed by atoms with van der Waals surface area (Å²) < 4.78 is 5.47. The van der Waals surface area contributed by atoms with Gasteiger partial charge in [-0.3, -0.25) is 9.59 Å². The average molecular weight is 291 g/mol. The van der Waals surface area contributed by atoms with Gasteiger partial charge in [0.25, 0.3) is 5.91 Å². The van der Waals surface area contributed by atoms with E-state index in [9.17, 15) is 9.59 Å². The Morgan fingerprint density at radius 3 is 2.71 bits per heavy atom. The lowest BCUT2D eigenvalue weighted by Crippen LogP contribution is -2.48. The van der Waals surface area contributed by atoms with E-state index < -0.39 is 5.97 Å². The zero-order valence-electron chi connectivity index (χ0n) is 12.3. The van der Waals surface area contributed by atoms with Gasteiger partial charge in [0.05, 0.1) is 5.92 Å². The highest BCUT2D eigenvalue weighted by Gasteiger charge is 2.35. The first kappa shape index (κ1) is 15.4. The molecule has 0 unspecified atom stereocenters. The molecule has 2 N–H and O–H groups in total. The van der Waals surface area contributed by atoms with Crippen molar-refractivity contribution in [3.05, 3.63) is 29.8 Å². The summed E-state index contributed by atoms with van der Waals surface area (Å²) in [6, 6.07) is 7.65. The molecule has 0 aromatic heterocycles. The van der Waals surface area contributed by atoms with Crippen LogP contribution in [0.2, 0.25) is 0 Å². The molecule has 0 radical (unpaired) electrons. The summed E-state index contributed by atoms with van der Waals surface area (Å²) in [5.74, 6) is -0.237. The molecule has 5 heteroatoms. The van der Waals surface area contributed by atoms with Gasteiger partial charge in [-0.1, -0.05) is 26.0 Å². The van der Waals surface area contributed by atoms with E-state index in [2.05, 4.69) is 19.2 Å². The van der Waals surface area contributed by atoms with Crippen molar-refractivity contribution >= 4 is 11.9 Å². The molecule has 0 bridgehead atoms. The van der Waals surface area contributed by atoms with E-state index in [1.165, 1.54) is 0 Å². The minimum absolute atomic E-state index is 0.0378. The molecule has 0 spiro atoms. The minimum atomic E-state index is -0.790. The molecule has 5 nitrogen and oxygen atoms in total. The summed E-state index contributed by atoms with van der Waals surface area (Å²) in [5, 5.41) is 11.6. The smallest absolute Gasteiger partial charge is 0.306 e. The fourth-order valence-electron chi connectivity index (χ4n) is 2.32.